The average Bonchev–Trinajstić information content (AvgIpc) is 3.54. The maximum atomic E-state index is 13.5. The number of aromatic hydroxyl groups is 1. The first-order valence-electron chi connectivity index (χ1n) is 15.3. The van der Waals surface area contributed by atoms with Crippen molar-refractivity contribution in [1.82, 2.24) is 15.6 Å². The van der Waals surface area contributed by atoms with Crippen LogP contribution >= 0.6 is 0 Å². The molecular formula is C35H40N4O5. The Bertz CT molecular complexity index is 1480. The summed E-state index contributed by atoms with van der Waals surface area (Å²) in [5.41, 5.74) is 3.91. The lowest BCUT2D eigenvalue weighted by Crippen LogP contribution is -2.50. The van der Waals surface area contributed by atoms with Gasteiger partial charge in [0.2, 0.25) is 5.78 Å². The molecule has 3 aromatic carbocycles. The van der Waals surface area contributed by atoms with E-state index in [-0.39, 0.29) is 24.7 Å². The van der Waals surface area contributed by atoms with Gasteiger partial charge < -0.3 is 24.9 Å². The van der Waals surface area contributed by atoms with Crippen molar-refractivity contribution in [2.75, 3.05) is 44.3 Å². The molecule has 0 unspecified atom stereocenters. The number of phenols is 1. The van der Waals surface area contributed by atoms with E-state index in [1.165, 1.54) is 0 Å². The molecule has 1 aromatic heterocycles. The topological polar surface area (TPSA) is 107 Å². The number of hydrazine groups is 1. The summed E-state index contributed by atoms with van der Waals surface area (Å²) in [5, 5.41) is 19.5. The van der Waals surface area contributed by atoms with Crippen LogP contribution in [0.5, 0.6) is 5.75 Å². The molecule has 2 heterocycles. The number of hydrogen-bond donors (Lipinski definition) is 3. The second-order valence-corrected chi connectivity index (χ2v) is 10.8. The number of rotatable bonds is 14. The minimum Gasteiger partial charge on any atom is -0.508 e. The van der Waals surface area contributed by atoms with Gasteiger partial charge in [0.1, 0.15) is 18.1 Å². The van der Waals surface area contributed by atoms with Crippen LogP contribution in [-0.4, -0.2) is 61.3 Å². The molecule has 1 aliphatic rings. The Hall–Kier alpha value is -4.44. The van der Waals surface area contributed by atoms with Gasteiger partial charge in [0.25, 0.3) is 0 Å². The summed E-state index contributed by atoms with van der Waals surface area (Å²) in [6.07, 6.45) is 3.57. The van der Waals surface area contributed by atoms with Gasteiger partial charge >= 0.3 is 6.09 Å². The molecule has 1 fully saturated rings. The van der Waals surface area contributed by atoms with Crippen LogP contribution < -0.4 is 15.6 Å². The van der Waals surface area contributed by atoms with Crippen molar-refractivity contribution in [3.05, 3.63) is 108 Å². The van der Waals surface area contributed by atoms with Crippen molar-refractivity contribution in [3.63, 3.8) is 0 Å². The molecule has 9 nitrogen and oxygen atoms in total. The third kappa shape index (κ3) is 8.57. The molecule has 1 amide bonds. The molecule has 1 saturated heterocycles. The highest BCUT2D eigenvalue weighted by molar-refractivity contribution is 5.95. The largest absolute Gasteiger partial charge is 0.508 e. The van der Waals surface area contributed by atoms with Crippen LogP contribution in [0.3, 0.4) is 0 Å². The summed E-state index contributed by atoms with van der Waals surface area (Å²) >= 11 is 0. The molecule has 0 spiro atoms. The lowest BCUT2D eigenvalue weighted by Gasteiger charge is -2.37. The third-order valence-electron chi connectivity index (χ3n) is 7.56. The van der Waals surface area contributed by atoms with E-state index in [4.69, 9.17) is 9.15 Å². The summed E-state index contributed by atoms with van der Waals surface area (Å²) in [7, 11) is 0. The van der Waals surface area contributed by atoms with Gasteiger partial charge in [-0.25, -0.2) is 14.8 Å². The van der Waals surface area contributed by atoms with Crippen molar-refractivity contribution >= 4 is 17.6 Å². The maximum Gasteiger partial charge on any atom is 0.429 e. The normalized spacial score (nSPS) is 13.5. The number of furan rings is 1. The first kappa shape index (κ1) is 31.0. The Morgan fingerprint density at radius 1 is 0.841 bits per heavy atom. The van der Waals surface area contributed by atoms with Crippen molar-refractivity contribution in [2.24, 2.45) is 0 Å². The van der Waals surface area contributed by atoms with E-state index in [0.717, 1.165) is 67.7 Å². The molecule has 44 heavy (non-hydrogen) atoms. The van der Waals surface area contributed by atoms with Crippen molar-refractivity contribution in [1.29, 1.82) is 0 Å². The molecule has 0 aliphatic carbocycles. The molecule has 0 saturated carbocycles. The molecule has 3 N–H and O–H groups in total. The number of Topliss-reactive ketones (excluding diaryl/α,β-unsaturated/α-hetero) is 1. The number of anilines is 1. The zero-order valence-electron chi connectivity index (χ0n) is 24.9. The maximum absolute atomic E-state index is 13.5. The number of ketones is 1. The van der Waals surface area contributed by atoms with Gasteiger partial charge in [-0.05, 0) is 67.3 Å². The van der Waals surface area contributed by atoms with Gasteiger partial charge in [-0.3, -0.25) is 4.79 Å². The quantitative estimate of drug-likeness (QED) is 0.124. The van der Waals surface area contributed by atoms with E-state index in [9.17, 15) is 14.7 Å². The minimum absolute atomic E-state index is 0.0749. The van der Waals surface area contributed by atoms with E-state index in [2.05, 4.69) is 15.6 Å². The molecule has 230 valence electrons. The Labute approximate surface area is 258 Å². The molecule has 5 rings (SSSR count). The second-order valence-electron chi connectivity index (χ2n) is 10.8. The Morgan fingerprint density at radius 2 is 1.59 bits per heavy atom. The van der Waals surface area contributed by atoms with E-state index in [1.54, 1.807) is 29.3 Å². The molecule has 0 bridgehead atoms. The number of para-hydroxylation sites is 1. The fourth-order valence-corrected chi connectivity index (χ4v) is 5.25. The molecule has 0 atom stereocenters. The predicted octanol–water partition coefficient (Wildman–Crippen LogP) is 5.80. The van der Waals surface area contributed by atoms with Crippen LogP contribution in [-0.2, 0) is 17.7 Å². The lowest BCUT2D eigenvalue weighted by molar-refractivity contribution is 0.0958. The number of piperidine rings is 1. The standard InChI is InChI=1S/C35H40N4O5/c40-29-15-13-27(14-16-29)19-20-36-25-30-17-18-34(44-30)33(41)26-37-21-24-43-35(42)39(38-22-7-2-8-23-38)32-12-6-5-11-31(32)28-9-3-1-4-10-28/h1,3-6,9-18,36-37,40H,2,7-8,19-26H2. The zero-order valence-corrected chi connectivity index (χ0v) is 24.9. The molecule has 1 aliphatic heterocycles. The van der Waals surface area contributed by atoms with Crippen LogP contribution in [0.1, 0.15) is 41.1 Å². The van der Waals surface area contributed by atoms with Gasteiger partial charge in [0.05, 0.1) is 18.8 Å². The highest BCUT2D eigenvalue weighted by Crippen LogP contribution is 2.33. The highest BCUT2D eigenvalue weighted by atomic mass is 16.6. The second kappa shape index (κ2) is 15.9. The Kier molecular flexibility index (Phi) is 11.2. The van der Waals surface area contributed by atoms with Gasteiger partial charge in [0.15, 0.2) is 5.76 Å². The van der Waals surface area contributed by atoms with Gasteiger partial charge in [-0.15, -0.1) is 0 Å². The average molecular weight is 597 g/mol. The van der Waals surface area contributed by atoms with E-state index < -0.39 is 6.09 Å². The highest BCUT2D eigenvalue weighted by Gasteiger charge is 2.28. The van der Waals surface area contributed by atoms with Crippen LogP contribution in [0.2, 0.25) is 0 Å². The molecule has 0 radical (unpaired) electrons. The van der Waals surface area contributed by atoms with E-state index in [0.29, 0.717) is 24.6 Å². The van der Waals surface area contributed by atoms with Gasteiger partial charge in [-0.1, -0.05) is 67.1 Å². The van der Waals surface area contributed by atoms with Gasteiger partial charge in [0, 0.05) is 25.2 Å². The predicted molar refractivity (Wildman–Crippen MR) is 171 cm³/mol. The summed E-state index contributed by atoms with van der Waals surface area (Å²) < 4.78 is 11.4. The number of carbonyl (C=O) groups is 2. The van der Waals surface area contributed by atoms with Crippen LogP contribution in [0.4, 0.5) is 10.5 Å². The minimum atomic E-state index is -0.433. The number of nitrogens with zero attached hydrogens (tertiary/aromatic N) is 2. The Balaban J connectivity index is 1.08. The molecular weight excluding hydrogens is 556 g/mol. The number of nitrogens with one attached hydrogen (secondary N) is 2. The first-order chi connectivity index (χ1) is 21.6. The number of phenolic OH excluding ortho intramolecular Hbond substituents is 1. The lowest BCUT2D eigenvalue weighted by atomic mass is 10.0. The first-order valence-corrected chi connectivity index (χ1v) is 15.3. The van der Waals surface area contributed by atoms with Crippen LogP contribution in [0.25, 0.3) is 11.1 Å². The smallest absolute Gasteiger partial charge is 0.429 e. The van der Waals surface area contributed by atoms with Crippen LogP contribution in [0.15, 0.2) is 95.4 Å². The number of amides is 1. The summed E-state index contributed by atoms with van der Waals surface area (Å²) in [4.78, 5) is 26.1. The monoisotopic (exact) mass is 596 g/mol. The summed E-state index contributed by atoms with van der Waals surface area (Å²) in [6, 6.07) is 28.5. The molecule has 4 aromatic rings. The Morgan fingerprint density at radius 3 is 2.39 bits per heavy atom. The number of carbonyl (C=O) groups excluding carboxylic acids is 2. The van der Waals surface area contributed by atoms with E-state index in [1.807, 2.05) is 66.7 Å². The van der Waals surface area contributed by atoms with Crippen LogP contribution in [0, 0.1) is 0 Å². The fourth-order valence-electron chi connectivity index (χ4n) is 5.25. The number of hydrogen-bond acceptors (Lipinski definition) is 8. The van der Waals surface area contributed by atoms with Crippen molar-refractivity contribution in [2.45, 2.75) is 32.2 Å². The fraction of sp³-hybridized carbons (Fsp3) is 0.314. The SMILES string of the molecule is O=C(CNCCOC(=O)N(c1ccccc1-c1ccccc1)N1CCCCC1)c1ccc(CNCCc2ccc(O)cc2)o1. The zero-order chi connectivity index (χ0) is 30.6. The van der Waals surface area contributed by atoms with Crippen molar-refractivity contribution < 1.29 is 23.8 Å². The summed E-state index contributed by atoms with van der Waals surface area (Å²) in [6.45, 7) is 3.34. The van der Waals surface area contributed by atoms with Crippen molar-refractivity contribution in [3.8, 4) is 16.9 Å². The number of ether oxygens (including phenoxy) is 1. The van der Waals surface area contributed by atoms with Gasteiger partial charge in [-0.2, -0.15) is 0 Å². The van der Waals surface area contributed by atoms with E-state index >= 15 is 0 Å². The summed E-state index contributed by atoms with van der Waals surface area (Å²) in [5.74, 6) is 1.06. The molecule has 9 heteroatoms. The number of benzene rings is 3. The third-order valence-corrected chi connectivity index (χ3v) is 7.56.